The van der Waals surface area contributed by atoms with Gasteiger partial charge in [0.05, 0.1) is 19.8 Å². The monoisotopic (exact) mass is 403 g/mol. The van der Waals surface area contributed by atoms with Gasteiger partial charge in [0.15, 0.2) is 10.9 Å². The zero-order chi connectivity index (χ0) is 19.3. The number of aliphatic imine (C=N–C) groups is 1. The third-order valence-electron chi connectivity index (χ3n) is 4.59. The van der Waals surface area contributed by atoms with E-state index in [0.717, 1.165) is 17.8 Å². The molecule has 0 bridgehead atoms. The zero-order valence-electron chi connectivity index (χ0n) is 15.3. The Kier molecular flexibility index (Phi) is 5.82. The Morgan fingerprint density at radius 2 is 2.11 bits per heavy atom. The Morgan fingerprint density at radius 1 is 1.25 bits per heavy atom. The Balaban J connectivity index is 1.51. The molecule has 148 valence electrons. The molecular weight excluding hydrogens is 382 g/mol. The number of nitrogens with one attached hydrogen (secondary N) is 1. The van der Waals surface area contributed by atoms with Gasteiger partial charge in [-0.1, -0.05) is 17.4 Å². The Hall–Kier alpha value is -2.52. The third kappa shape index (κ3) is 4.31. The number of thiazole rings is 1. The highest BCUT2D eigenvalue weighted by molar-refractivity contribution is 7.18. The summed E-state index contributed by atoms with van der Waals surface area (Å²) in [6.07, 6.45) is 9.17. The highest BCUT2D eigenvalue weighted by Gasteiger charge is 2.29. The van der Waals surface area contributed by atoms with E-state index in [1.807, 2.05) is 18.2 Å². The molecule has 9 heteroatoms. The first-order valence-electron chi connectivity index (χ1n) is 9.33. The molecule has 28 heavy (non-hydrogen) atoms. The van der Waals surface area contributed by atoms with Crippen LogP contribution in [0, 0.1) is 0 Å². The van der Waals surface area contributed by atoms with Crippen LogP contribution >= 0.6 is 11.3 Å². The van der Waals surface area contributed by atoms with Crippen LogP contribution in [0.3, 0.4) is 0 Å². The Labute approximate surface area is 166 Å². The van der Waals surface area contributed by atoms with Crippen LogP contribution in [0.15, 0.2) is 23.2 Å². The molecule has 0 spiro atoms. The predicted molar refractivity (Wildman–Crippen MR) is 105 cm³/mol. The number of hydrogen-bond acceptors (Lipinski definition) is 8. The lowest BCUT2D eigenvalue weighted by atomic mass is 10.1. The molecule has 0 aliphatic carbocycles. The maximum absolute atomic E-state index is 13.0. The number of dihydropyridines is 1. The molecule has 8 nitrogen and oxygen atoms in total. The number of Topliss-reactive ketones (excluding diaryl/α,β-unsaturated/α-hetero) is 1. The van der Waals surface area contributed by atoms with E-state index in [1.54, 1.807) is 6.21 Å². The standard InChI is InChI=1S/C19H21N3O5S/c23-16(13-4-1-2-8-20-13)17-15(14-5-3-9-26-14)21-18(28-17)22-19(24)27-12-6-10-25-11-7-12/h1-2,5,8,12-13H,3-4,6-7,9-11H2,(H,21,22,24). The molecule has 1 aromatic heterocycles. The van der Waals surface area contributed by atoms with Crippen molar-refractivity contribution in [3.05, 3.63) is 28.8 Å². The fraction of sp³-hybridized carbons (Fsp3) is 0.474. The Bertz CT molecular complexity index is 839. The summed E-state index contributed by atoms with van der Waals surface area (Å²) in [6, 6.07) is -0.478. The number of ether oxygens (including phenoxy) is 3. The summed E-state index contributed by atoms with van der Waals surface area (Å²) in [5.41, 5.74) is 0.457. The average molecular weight is 403 g/mol. The topological polar surface area (TPSA) is 99.1 Å². The normalized spacial score (nSPS) is 21.9. The fourth-order valence-electron chi connectivity index (χ4n) is 3.16. The molecule has 4 heterocycles. The molecule has 0 radical (unpaired) electrons. The van der Waals surface area contributed by atoms with Crippen molar-refractivity contribution in [1.82, 2.24) is 4.98 Å². The van der Waals surface area contributed by atoms with Crippen molar-refractivity contribution in [2.45, 2.75) is 37.8 Å². The second-order valence-electron chi connectivity index (χ2n) is 6.59. The summed E-state index contributed by atoms with van der Waals surface area (Å²) in [5.74, 6) is 0.441. The van der Waals surface area contributed by atoms with Gasteiger partial charge in [-0.25, -0.2) is 9.78 Å². The molecule has 1 amide bonds. The minimum atomic E-state index is -0.578. The second kappa shape index (κ2) is 8.66. The largest absolute Gasteiger partial charge is 0.491 e. The molecule has 3 aliphatic rings. The Morgan fingerprint density at radius 3 is 2.82 bits per heavy atom. The van der Waals surface area contributed by atoms with Gasteiger partial charge < -0.3 is 14.2 Å². The van der Waals surface area contributed by atoms with Gasteiger partial charge in [-0.15, -0.1) is 0 Å². The van der Waals surface area contributed by atoms with Crippen LogP contribution in [0.1, 0.15) is 41.0 Å². The molecule has 1 N–H and O–H groups in total. The van der Waals surface area contributed by atoms with E-state index >= 15 is 0 Å². The molecule has 1 atom stereocenters. The number of hydrogen-bond donors (Lipinski definition) is 1. The maximum atomic E-state index is 13.0. The lowest BCUT2D eigenvalue weighted by Crippen LogP contribution is -2.28. The van der Waals surface area contributed by atoms with Gasteiger partial charge in [0, 0.05) is 25.5 Å². The van der Waals surface area contributed by atoms with E-state index in [0.29, 0.717) is 60.5 Å². The van der Waals surface area contributed by atoms with Crippen LogP contribution in [0.25, 0.3) is 5.76 Å². The van der Waals surface area contributed by atoms with E-state index < -0.39 is 12.1 Å². The number of ketones is 1. The van der Waals surface area contributed by atoms with Crippen LogP contribution in [-0.4, -0.2) is 55.0 Å². The quantitative estimate of drug-likeness (QED) is 0.758. The van der Waals surface area contributed by atoms with Crippen molar-refractivity contribution in [2.24, 2.45) is 4.99 Å². The fourth-order valence-corrected chi connectivity index (χ4v) is 4.11. The van der Waals surface area contributed by atoms with Gasteiger partial charge in [0.1, 0.15) is 28.5 Å². The number of carbonyl (C=O) groups excluding carboxylic acids is 2. The van der Waals surface area contributed by atoms with Gasteiger partial charge in [-0.3, -0.25) is 15.1 Å². The molecule has 1 unspecified atom stereocenters. The van der Waals surface area contributed by atoms with Crippen LogP contribution in [-0.2, 0) is 14.2 Å². The molecule has 1 saturated heterocycles. The van der Waals surface area contributed by atoms with Gasteiger partial charge in [-0.05, 0) is 18.6 Å². The van der Waals surface area contributed by atoms with Crippen molar-refractivity contribution in [2.75, 3.05) is 25.1 Å². The van der Waals surface area contributed by atoms with Crippen molar-refractivity contribution in [3.8, 4) is 0 Å². The molecule has 4 rings (SSSR count). The molecule has 0 aromatic carbocycles. The number of allylic oxidation sites excluding steroid dienone is 1. The third-order valence-corrected chi connectivity index (χ3v) is 5.58. The van der Waals surface area contributed by atoms with E-state index in [1.165, 1.54) is 0 Å². The predicted octanol–water partition coefficient (Wildman–Crippen LogP) is 3.21. The highest BCUT2D eigenvalue weighted by atomic mass is 32.1. The summed E-state index contributed by atoms with van der Waals surface area (Å²) < 4.78 is 16.3. The first-order chi connectivity index (χ1) is 13.7. The number of amides is 1. The highest BCUT2D eigenvalue weighted by Crippen LogP contribution is 2.33. The molecule has 0 saturated carbocycles. The summed E-state index contributed by atoms with van der Waals surface area (Å²) in [5, 5.41) is 2.96. The van der Waals surface area contributed by atoms with Gasteiger partial charge in [0.2, 0.25) is 0 Å². The van der Waals surface area contributed by atoms with Crippen molar-refractivity contribution in [3.63, 3.8) is 0 Å². The summed E-state index contributed by atoms with van der Waals surface area (Å²) in [7, 11) is 0. The SMILES string of the molecule is O=C(Nc1nc(C2=CCCO2)c(C(=O)C2CC=CC=N2)s1)OC1CCOCC1. The van der Waals surface area contributed by atoms with Gasteiger partial charge in [0.25, 0.3) is 0 Å². The lowest BCUT2D eigenvalue weighted by molar-refractivity contribution is 0.00592. The molecule has 1 fully saturated rings. The van der Waals surface area contributed by atoms with Crippen molar-refractivity contribution >= 4 is 40.3 Å². The van der Waals surface area contributed by atoms with Crippen LogP contribution in [0.4, 0.5) is 9.93 Å². The van der Waals surface area contributed by atoms with E-state index in [-0.39, 0.29) is 11.9 Å². The van der Waals surface area contributed by atoms with E-state index in [4.69, 9.17) is 14.2 Å². The lowest BCUT2D eigenvalue weighted by Gasteiger charge is -2.21. The maximum Gasteiger partial charge on any atom is 0.413 e. The van der Waals surface area contributed by atoms with E-state index in [2.05, 4.69) is 15.3 Å². The molecule has 3 aliphatic heterocycles. The number of rotatable bonds is 5. The van der Waals surface area contributed by atoms with Crippen molar-refractivity contribution < 1.29 is 23.8 Å². The molecule has 1 aromatic rings. The van der Waals surface area contributed by atoms with Gasteiger partial charge in [-0.2, -0.15) is 0 Å². The minimum absolute atomic E-state index is 0.129. The first kappa shape index (κ1) is 18.8. The smallest absolute Gasteiger partial charge is 0.413 e. The summed E-state index contributed by atoms with van der Waals surface area (Å²) in [4.78, 5) is 34.3. The number of aromatic nitrogens is 1. The number of nitrogens with zero attached hydrogens (tertiary/aromatic N) is 2. The summed E-state index contributed by atoms with van der Waals surface area (Å²) in [6.45, 7) is 1.72. The number of anilines is 1. The van der Waals surface area contributed by atoms with Crippen molar-refractivity contribution in [1.29, 1.82) is 0 Å². The second-order valence-corrected chi connectivity index (χ2v) is 7.59. The van der Waals surface area contributed by atoms with Crippen LogP contribution in [0.5, 0.6) is 0 Å². The number of carbonyl (C=O) groups is 2. The summed E-state index contributed by atoms with van der Waals surface area (Å²) >= 11 is 1.12. The van der Waals surface area contributed by atoms with E-state index in [9.17, 15) is 9.59 Å². The van der Waals surface area contributed by atoms with Crippen LogP contribution in [0.2, 0.25) is 0 Å². The minimum Gasteiger partial charge on any atom is -0.491 e. The first-order valence-corrected chi connectivity index (χ1v) is 10.1. The average Bonchev–Trinajstić information content (AvgIpc) is 3.38. The van der Waals surface area contributed by atoms with Crippen LogP contribution < -0.4 is 5.32 Å². The van der Waals surface area contributed by atoms with Gasteiger partial charge >= 0.3 is 6.09 Å². The zero-order valence-corrected chi connectivity index (χ0v) is 16.1. The molecular formula is C19H21N3O5S.